The van der Waals surface area contributed by atoms with Crippen molar-refractivity contribution >= 4 is 17.4 Å². The number of hydrogen-bond donors (Lipinski definition) is 1. The normalized spacial score (nSPS) is 10.4. The van der Waals surface area contributed by atoms with Gasteiger partial charge in [-0.2, -0.15) is 0 Å². The van der Waals surface area contributed by atoms with Gasteiger partial charge in [0.05, 0.1) is 0 Å². The summed E-state index contributed by atoms with van der Waals surface area (Å²) in [5, 5.41) is 11.1. The third-order valence-electron chi connectivity index (χ3n) is 4.30. The van der Waals surface area contributed by atoms with E-state index >= 15 is 0 Å². The molecule has 0 saturated carbocycles. The van der Waals surface area contributed by atoms with Crippen molar-refractivity contribution in [3.05, 3.63) is 83.0 Å². The summed E-state index contributed by atoms with van der Waals surface area (Å²) in [4.78, 5) is 14.3. The summed E-state index contributed by atoms with van der Waals surface area (Å²) in [7, 11) is 1.95. The maximum absolute atomic E-state index is 12.4. The number of aromatic nitrogens is 2. The van der Waals surface area contributed by atoms with Crippen molar-refractivity contribution in [3.8, 4) is 0 Å². The summed E-state index contributed by atoms with van der Waals surface area (Å²) >= 11 is 0. The number of anilines is 2. The summed E-state index contributed by atoms with van der Waals surface area (Å²) < 4.78 is 0. The molecule has 5 heteroatoms. The minimum Gasteiger partial charge on any atom is -0.354 e. The summed E-state index contributed by atoms with van der Waals surface area (Å²) in [6.45, 7) is 4.78. The van der Waals surface area contributed by atoms with Gasteiger partial charge in [-0.1, -0.05) is 36.4 Å². The van der Waals surface area contributed by atoms with Crippen LogP contribution in [0.2, 0.25) is 0 Å². The molecule has 1 amide bonds. The minimum absolute atomic E-state index is 0.266. The van der Waals surface area contributed by atoms with Gasteiger partial charge in [0.15, 0.2) is 11.5 Å². The molecule has 0 spiro atoms. The summed E-state index contributed by atoms with van der Waals surface area (Å²) in [6.07, 6.45) is 0. The molecular formula is C21H22N4O. The highest BCUT2D eigenvalue weighted by Crippen LogP contribution is 2.16. The van der Waals surface area contributed by atoms with Gasteiger partial charge in [0.2, 0.25) is 0 Å². The summed E-state index contributed by atoms with van der Waals surface area (Å²) in [6, 6.07) is 19.5. The summed E-state index contributed by atoms with van der Waals surface area (Å²) in [5.74, 6) is 0.453. The second-order valence-electron chi connectivity index (χ2n) is 6.37. The van der Waals surface area contributed by atoms with Crippen LogP contribution in [0.3, 0.4) is 0 Å². The van der Waals surface area contributed by atoms with Crippen LogP contribution < -0.4 is 10.2 Å². The molecule has 2 aromatic carbocycles. The van der Waals surface area contributed by atoms with Crippen LogP contribution in [0.4, 0.5) is 11.5 Å². The Morgan fingerprint density at radius 1 is 0.962 bits per heavy atom. The second-order valence-corrected chi connectivity index (χ2v) is 6.37. The molecule has 0 saturated heterocycles. The summed E-state index contributed by atoms with van der Waals surface area (Å²) in [5.41, 5.74) is 4.55. The van der Waals surface area contributed by atoms with Gasteiger partial charge in [-0.3, -0.25) is 4.79 Å². The van der Waals surface area contributed by atoms with Crippen LogP contribution >= 0.6 is 0 Å². The van der Waals surface area contributed by atoms with Gasteiger partial charge in [-0.15, -0.1) is 10.2 Å². The molecule has 0 aliphatic carbocycles. The van der Waals surface area contributed by atoms with Crippen LogP contribution in [-0.2, 0) is 6.54 Å². The minimum atomic E-state index is -0.266. The molecule has 1 heterocycles. The van der Waals surface area contributed by atoms with Crippen molar-refractivity contribution in [3.63, 3.8) is 0 Å². The number of nitrogens with one attached hydrogen (secondary N) is 1. The number of carbonyl (C=O) groups is 1. The highest BCUT2D eigenvalue weighted by Gasteiger charge is 2.11. The maximum Gasteiger partial charge on any atom is 0.276 e. The first-order valence-corrected chi connectivity index (χ1v) is 8.50. The Labute approximate surface area is 153 Å². The fourth-order valence-electron chi connectivity index (χ4n) is 2.60. The number of amides is 1. The van der Waals surface area contributed by atoms with E-state index in [2.05, 4.69) is 27.6 Å². The van der Waals surface area contributed by atoms with E-state index in [1.54, 1.807) is 6.07 Å². The Morgan fingerprint density at radius 2 is 1.73 bits per heavy atom. The number of rotatable bonds is 5. The van der Waals surface area contributed by atoms with E-state index in [9.17, 15) is 4.79 Å². The van der Waals surface area contributed by atoms with Crippen molar-refractivity contribution < 1.29 is 4.79 Å². The average Bonchev–Trinajstić information content (AvgIpc) is 2.65. The molecule has 3 aromatic rings. The zero-order valence-corrected chi connectivity index (χ0v) is 15.2. The van der Waals surface area contributed by atoms with Gasteiger partial charge < -0.3 is 10.2 Å². The third kappa shape index (κ3) is 4.25. The second kappa shape index (κ2) is 7.78. The fraction of sp³-hybridized carbons (Fsp3) is 0.190. The van der Waals surface area contributed by atoms with Crippen LogP contribution in [0.15, 0.2) is 60.7 Å². The molecule has 1 N–H and O–H groups in total. The van der Waals surface area contributed by atoms with E-state index in [4.69, 9.17) is 0 Å². The molecule has 0 fully saturated rings. The molecule has 0 radical (unpaired) electrons. The molecule has 0 bridgehead atoms. The number of nitrogens with zero attached hydrogens (tertiary/aromatic N) is 3. The maximum atomic E-state index is 12.4. The Balaban J connectivity index is 1.66. The number of aryl methyl sites for hydroxylation is 2. The predicted molar refractivity (Wildman–Crippen MR) is 104 cm³/mol. The van der Waals surface area contributed by atoms with Crippen LogP contribution in [0, 0.1) is 13.8 Å². The Hall–Kier alpha value is -3.21. The molecule has 3 rings (SSSR count). The third-order valence-corrected chi connectivity index (χ3v) is 4.30. The first kappa shape index (κ1) is 17.6. The zero-order valence-electron chi connectivity index (χ0n) is 15.2. The van der Waals surface area contributed by atoms with Gasteiger partial charge in [-0.25, -0.2) is 0 Å². The number of hydrogen-bond acceptors (Lipinski definition) is 4. The molecule has 0 atom stereocenters. The van der Waals surface area contributed by atoms with E-state index in [0.29, 0.717) is 5.69 Å². The molecule has 26 heavy (non-hydrogen) atoms. The highest BCUT2D eigenvalue weighted by molar-refractivity contribution is 6.02. The Morgan fingerprint density at radius 3 is 2.38 bits per heavy atom. The number of carbonyl (C=O) groups excluding carboxylic acids is 1. The van der Waals surface area contributed by atoms with Gasteiger partial charge >= 0.3 is 0 Å². The SMILES string of the molecule is Cc1ccc(NC(=O)c2ccc(N(C)Cc3ccccc3)nn2)cc1C. The average molecular weight is 346 g/mol. The topological polar surface area (TPSA) is 58.1 Å². The lowest BCUT2D eigenvalue weighted by molar-refractivity contribution is 0.102. The lowest BCUT2D eigenvalue weighted by Crippen LogP contribution is -2.20. The van der Waals surface area contributed by atoms with E-state index in [1.165, 1.54) is 11.1 Å². The zero-order chi connectivity index (χ0) is 18.5. The molecule has 132 valence electrons. The molecular weight excluding hydrogens is 324 g/mol. The van der Waals surface area contributed by atoms with Crippen molar-refractivity contribution in [2.75, 3.05) is 17.3 Å². The van der Waals surface area contributed by atoms with E-state index in [-0.39, 0.29) is 5.91 Å². The first-order chi connectivity index (χ1) is 12.5. The van der Waals surface area contributed by atoms with Crippen molar-refractivity contribution in [1.29, 1.82) is 0 Å². The van der Waals surface area contributed by atoms with Crippen molar-refractivity contribution in [1.82, 2.24) is 10.2 Å². The van der Waals surface area contributed by atoms with E-state index < -0.39 is 0 Å². The predicted octanol–water partition coefficient (Wildman–Crippen LogP) is 3.98. The lowest BCUT2D eigenvalue weighted by atomic mass is 10.1. The quantitative estimate of drug-likeness (QED) is 0.759. The van der Waals surface area contributed by atoms with E-state index in [1.807, 2.05) is 68.3 Å². The smallest absolute Gasteiger partial charge is 0.276 e. The first-order valence-electron chi connectivity index (χ1n) is 8.50. The van der Waals surface area contributed by atoms with Crippen molar-refractivity contribution in [2.45, 2.75) is 20.4 Å². The van der Waals surface area contributed by atoms with Gasteiger partial charge in [-0.05, 0) is 54.8 Å². The molecule has 0 unspecified atom stereocenters. The largest absolute Gasteiger partial charge is 0.354 e. The molecule has 5 nitrogen and oxygen atoms in total. The van der Waals surface area contributed by atoms with Crippen molar-refractivity contribution in [2.24, 2.45) is 0 Å². The molecule has 1 aromatic heterocycles. The fourth-order valence-corrected chi connectivity index (χ4v) is 2.60. The van der Waals surface area contributed by atoms with Gasteiger partial charge in [0.25, 0.3) is 5.91 Å². The Bertz CT molecular complexity index is 892. The molecule has 0 aliphatic rings. The van der Waals surface area contributed by atoms with Crippen LogP contribution in [0.5, 0.6) is 0 Å². The Kier molecular flexibility index (Phi) is 5.27. The van der Waals surface area contributed by atoms with Gasteiger partial charge in [0, 0.05) is 19.3 Å². The lowest BCUT2D eigenvalue weighted by Gasteiger charge is -2.17. The van der Waals surface area contributed by atoms with Gasteiger partial charge in [0.1, 0.15) is 0 Å². The highest BCUT2D eigenvalue weighted by atomic mass is 16.1. The van der Waals surface area contributed by atoms with Crippen LogP contribution in [0.1, 0.15) is 27.2 Å². The molecule has 0 aliphatic heterocycles. The van der Waals surface area contributed by atoms with Crippen LogP contribution in [0.25, 0.3) is 0 Å². The monoisotopic (exact) mass is 346 g/mol. The van der Waals surface area contributed by atoms with Crippen LogP contribution in [-0.4, -0.2) is 23.2 Å². The number of benzene rings is 2. The standard InChI is InChI=1S/C21H22N4O/c1-15-9-10-18(13-16(15)2)22-21(26)19-11-12-20(24-23-19)25(3)14-17-7-5-4-6-8-17/h4-13H,14H2,1-3H3,(H,22,26). The van der Waals surface area contributed by atoms with E-state index in [0.717, 1.165) is 23.6 Å².